The zero-order chi connectivity index (χ0) is 12.1. The van der Waals surface area contributed by atoms with E-state index in [1.165, 1.54) is 24.8 Å². The molecular formula is C14H24N2O. The molecule has 0 aromatic carbocycles. The Kier molecular flexibility index (Phi) is 4.63. The van der Waals surface area contributed by atoms with E-state index in [0.717, 1.165) is 25.9 Å². The molecule has 1 aromatic heterocycles. The van der Waals surface area contributed by atoms with E-state index >= 15 is 0 Å². The third kappa shape index (κ3) is 3.58. The molecule has 2 atom stereocenters. The Morgan fingerprint density at radius 1 is 1.41 bits per heavy atom. The van der Waals surface area contributed by atoms with Crippen LogP contribution in [0.15, 0.2) is 18.5 Å². The first-order valence-electron chi connectivity index (χ1n) is 6.85. The molecule has 1 aliphatic carbocycles. The van der Waals surface area contributed by atoms with Gasteiger partial charge in [-0.1, -0.05) is 19.8 Å². The van der Waals surface area contributed by atoms with Crippen molar-refractivity contribution in [3.63, 3.8) is 0 Å². The number of nitrogens with one attached hydrogen (secondary N) is 1. The van der Waals surface area contributed by atoms with E-state index in [-0.39, 0.29) is 6.10 Å². The van der Waals surface area contributed by atoms with E-state index in [4.69, 9.17) is 0 Å². The van der Waals surface area contributed by atoms with Crippen LogP contribution in [0.5, 0.6) is 0 Å². The molecule has 1 saturated carbocycles. The summed E-state index contributed by atoms with van der Waals surface area (Å²) in [6.45, 7) is 4.15. The van der Waals surface area contributed by atoms with Gasteiger partial charge in [0.1, 0.15) is 0 Å². The Morgan fingerprint density at radius 3 is 3.00 bits per heavy atom. The van der Waals surface area contributed by atoms with Gasteiger partial charge in [0.2, 0.25) is 0 Å². The minimum absolute atomic E-state index is 0.151. The summed E-state index contributed by atoms with van der Waals surface area (Å²) in [5.74, 6) is 0. The van der Waals surface area contributed by atoms with Crippen molar-refractivity contribution < 1.29 is 5.11 Å². The Labute approximate surface area is 104 Å². The Morgan fingerprint density at radius 2 is 2.24 bits per heavy atom. The second-order valence-electron chi connectivity index (χ2n) is 5.10. The highest BCUT2D eigenvalue weighted by atomic mass is 16.3. The molecule has 96 valence electrons. The Hall–Kier alpha value is -0.800. The third-order valence-electron chi connectivity index (χ3n) is 3.59. The second-order valence-corrected chi connectivity index (χ2v) is 5.10. The average molecular weight is 236 g/mol. The third-order valence-corrected chi connectivity index (χ3v) is 3.59. The van der Waals surface area contributed by atoms with Gasteiger partial charge in [0.25, 0.3) is 0 Å². The lowest BCUT2D eigenvalue weighted by Gasteiger charge is -2.28. The molecular weight excluding hydrogens is 212 g/mol. The number of aliphatic hydroxyl groups excluding tert-OH is 1. The van der Waals surface area contributed by atoms with Crippen LogP contribution < -0.4 is 5.32 Å². The van der Waals surface area contributed by atoms with Crippen molar-refractivity contribution in [3.05, 3.63) is 24.0 Å². The summed E-state index contributed by atoms with van der Waals surface area (Å²) in [5.41, 5.74) is 1.32. The highest BCUT2D eigenvalue weighted by Crippen LogP contribution is 2.18. The predicted octanol–water partition coefficient (Wildman–Crippen LogP) is 2.29. The molecule has 0 bridgehead atoms. The fourth-order valence-corrected chi connectivity index (χ4v) is 2.59. The number of rotatable bonds is 5. The number of aliphatic hydroxyl groups is 1. The van der Waals surface area contributed by atoms with Gasteiger partial charge in [0, 0.05) is 31.5 Å². The number of nitrogens with zero attached hydrogens (tertiary/aromatic N) is 1. The van der Waals surface area contributed by atoms with E-state index in [9.17, 15) is 5.11 Å². The summed E-state index contributed by atoms with van der Waals surface area (Å²) in [4.78, 5) is 0. The largest absolute Gasteiger partial charge is 0.392 e. The van der Waals surface area contributed by atoms with Crippen LogP contribution in [-0.4, -0.2) is 21.8 Å². The molecule has 0 radical (unpaired) electrons. The van der Waals surface area contributed by atoms with E-state index in [0.29, 0.717) is 6.04 Å². The number of hydrogen-bond donors (Lipinski definition) is 2. The Bertz CT molecular complexity index is 335. The smallest absolute Gasteiger partial charge is 0.0693 e. The van der Waals surface area contributed by atoms with E-state index < -0.39 is 0 Å². The summed E-state index contributed by atoms with van der Waals surface area (Å²) >= 11 is 0. The molecule has 1 aliphatic rings. The lowest BCUT2D eigenvalue weighted by Crippen LogP contribution is -2.41. The van der Waals surface area contributed by atoms with Crippen molar-refractivity contribution in [2.24, 2.45) is 0 Å². The maximum Gasteiger partial charge on any atom is 0.0693 e. The zero-order valence-electron chi connectivity index (χ0n) is 10.7. The van der Waals surface area contributed by atoms with Crippen molar-refractivity contribution in [2.75, 3.05) is 0 Å². The molecule has 3 heteroatoms. The van der Waals surface area contributed by atoms with Gasteiger partial charge in [-0.2, -0.15) is 0 Å². The standard InChI is InChI=1S/C14H24N2O/c1-2-8-16-9-7-12(11-16)10-15-13-5-3-4-6-14(13)17/h7,9,11,13-15,17H,2-6,8,10H2,1H3. The van der Waals surface area contributed by atoms with Crippen molar-refractivity contribution in [1.82, 2.24) is 9.88 Å². The molecule has 3 nitrogen and oxygen atoms in total. The van der Waals surface area contributed by atoms with Crippen LogP contribution in [-0.2, 0) is 13.1 Å². The van der Waals surface area contributed by atoms with Gasteiger partial charge in [-0.3, -0.25) is 0 Å². The lowest BCUT2D eigenvalue weighted by molar-refractivity contribution is 0.0902. The lowest BCUT2D eigenvalue weighted by atomic mass is 9.92. The van der Waals surface area contributed by atoms with Crippen molar-refractivity contribution in [2.45, 2.75) is 64.3 Å². The maximum atomic E-state index is 9.87. The average Bonchev–Trinajstić information content (AvgIpc) is 2.76. The molecule has 2 rings (SSSR count). The molecule has 2 unspecified atom stereocenters. The number of hydrogen-bond acceptors (Lipinski definition) is 2. The van der Waals surface area contributed by atoms with Gasteiger partial charge < -0.3 is 15.0 Å². The van der Waals surface area contributed by atoms with Crippen molar-refractivity contribution in [3.8, 4) is 0 Å². The summed E-state index contributed by atoms with van der Waals surface area (Å²) in [6.07, 6.45) is 9.83. The molecule has 0 saturated heterocycles. The first kappa shape index (κ1) is 12.7. The first-order chi connectivity index (χ1) is 8.29. The number of aryl methyl sites for hydroxylation is 1. The summed E-state index contributed by atoms with van der Waals surface area (Å²) in [6, 6.07) is 2.45. The second kappa shape index (κ2) is 6.22. The van der Waals surface area contributed by atoms with Gasteiger partial charge in [-0.15, -0.1) is 0 Å². The van der Waals surface area contributed by atoms with E-state index in [1.807, 2.05) is 0 Å². The van der Waals surface area contributed by atoms with Crippen LogP contribution in [0, 0.1) is 0 Å². The first-order valence-corrected chi connectivity index (χ1v) is 6.85. The van der Waals surface area contributed by atoms with E-state index in [2.05, 4.69) is 35.3 Å². The maximum absolute atomic E-state index is 9.87. The summed E-state index contributed by atoms with van der Waals surface area (Å²) < 4.78 is 2.23. The predicted molar refractivity (Wildman–Crippen MR) is 69.8 cm³/mol. The van der Waals surface area contributed by atoms with Crippen LogP contribution in [0.2, 0.25) is 0 Å². The van der Waals surface area contributed by atoms with Crippen LogP contribution in [0.1, 0.15) is 44.6 Å². The molecule has 1 fully saturated rings. The van der Waals surface area contributed by atoms with E-state index in [1.54, 1.807) is 0 Å². The van der Waals surface area contributed by atoms with Gasteiger partial charge in [0.05, 0.1) is 6.10 Å². The van der Waals surface area contributed by atoms with Crippen LogP contribution in [0.25, 0.3) is 0 Å². The van der Waals surface area contributed by atoms with Crippen LogP contribution in [0.3, 0.4) is 0 Å². The Balaban J connectivity index is 1.79. The minimum atomic E-state index is -0.151. The van der Waals surface area contributed by atoms with Crippen LogP contribution >= 0.6 is 0 Å². The molecule has 1 heterocycles. The number of aromatic nitrogens is 1. The van der Waals surface area contributed by atoms with Crippen LogP contribution in [0.4, 0.5) is 0 Å². The highest BCUT2D eigenvalue weighted by molar-refractivity contribution is 5.10. The fourth-order valence-electron chi connectivity index (χ4n) is 2.59. The molecule has 1 aromatic rings. The van der Waals surface area contributed by atoms with Crippen molar-refractivity contribution in [1.29, 1.82) is 0 Å². The molecule has 0 amide bonds. The van der Waals surface area contributed by atoms with Crippen molar-refractivity contribution >= 4 is 0 Å². The summed E-state index contributed by atoms with van der Waals surface area (Å²) in [5, 5.41) is 13.3. The van der Waals surface area contributed by atoms with Gasteiger partial charge in [0.15, 0.2) is 0 Å². The fraction of sp³-hybridized carbons (Fsp3) is 0.714. The van der Waals surface area contributed by atoms with Gasteiger partial charge in [-0.25, -0.2) is 0 Å². The topological polar surface area (TPSA) is 37.2 Å². The van der Waals surface area contributed by atoms with Gasteiger partial charge >= 0.3 is 0 Å². The summed E-state index contributed by atoms with van der Waals surface area (Å²) in [7, 11) is 0. The zero-order valence-corrected chi connectivity index (χ0v) is 10.7. The monoisotopic (exact) mass is 236 g/mol. The normalized spacial score (nSPS) is 25.1. The molecule has 2 N–H and O–H groups in total. The molecule has 17 heavy (non-hydrogen) atoms. The van der Waals surface area contributed by atoms with Gasteiger partial charge in [-0.05, 0) is 30.9 Å². The minimum Gasteiger partial charge on any atom is -0.392 e. The molecule has 0 aliphatic heterocycles. The highest BCUT2D eigenvalue weighted by Gasteiger charge is 2.22. The quantitative estimate of drug-likeness (QED) is 0.823. The molecule has 0 spiro atoms. The SMILES string of the molecule is CCCn1ccc(CNC2CCCCC2O)c1.